The van der Waals surface area contributed by atoms with Crippen molar-refractivity contribution < 1.29 is 4.52 Å². The third-order valence-electron chi connectivity index (χ3n) is 2.45. The third kappa shape index (κ3) is 4.86. The molecule has 0 saturated carbocycles. The Morgan fingerprint density at radius 2 is 1.76 bits per heavy atom. The predicted octanol–water partition coefficient (Wildman–Crippen LogP) is 2.67. The second-order valence-electron chi connectivity index (χ2n) is 6.99. The monoisotopic (exact) mass is 239 g/mol. The highest BCUT2D eigenvalue weighted by Crippen LogP contribution is 2.22. The normalized spacial score (nSPS) is 15.0. The van der Waals surface area contributed by atoms with Gasteiger partial charge >= 0.3 is 0 Å². The second-order valence-corrected chi connectivity index (χ2v) is 6.99. The van der Waals surface area contributed by atoms with E-state index < -0.39 is 0 Å². The molecule has 1 atom stereocenters. The molecule has 0 aliphatic heterocycles. The smallest absolute Gasteiger partial charge is 0.228 e. The van der Waals surface area contributed by atoms with E-state index in [0.29, 0.717) is 12.3 Å². The molecule has 0 fully saturated rings. The van der Waals surface area contributed by atoms with E-state index in [2.05, 4.69) is 51.7 Å². The summed E-state index contributed by atoms with van der Waals surface area (Å²) in [6.45, 7) is 12.7. The fourth-order valence-electron chi connectivity index (χ4n) is 1.73. The first-order chi connectivity index (χ1) is 7.58. The maximum absolute atomic E-state index is 6.08. The maximum Gasteiger partial charge on any atom is 0.228 e. The lowest BCUT2D eigenvalue weighted by molar-refractivity contribution is 0.311. The van der Waals surface area contributed by atoms with Crippen molar-refractivity contribution in [1.29, 1.82) is 0 Å². The van der Waals surface area contributed by atoms with E-state index in [4.69, 9.17) is 10.3 Å². The number of hydrogen-bond acceptors (Lipinski definition) is 4. The van der Waals surface area contributed by atoms with E-state index in [1.807, 2.05) is 0 Å². The van der Waals surface area contributed by atoms with Gasteiger partial charge in [-0.1, -0.05) is 46.7 Å². The molecule has 4 heteroatoms. The Bertz CT molecular complexity index is 357. The standard InChI is InChI=1S/C13H25N3O/c1-12(2,3)8-9(14)7-10-15-11(16-17-10)13(4,5)6/h9H,7-8,14H2,1-6H3. The number of nitrogens with two attached hydrogens (primary N) is 1. The summed E-state index contributed by atoms with van der Waals surface area (Å²) in [5.74, 6) is 1.39. The van der Waals surface area contributed by atoms with Gasteiger partial charge in [-0.3, -0.25) is 0 Å². The molecule has 0 saturated heterocycles. The molecule has 0 bridgehead atoms. The molecule has 0 amide bonds. The number of nitrogens with zero attached hydrogens (tertiary/aromatic N) is 2. The van der Waals surface area contributed by atoms with E-state index in [0.717, 1.165) is 12.2 Å². The quantitative estimate of drug-likeness (QED) is 0.880. The average Bonchev–Trinajstić information content (AvgIpc) is 2.47. The zero-order chi connectivity index (χ0) is 13.3. The van der Waals surface area contributed by atoms with Crippen LogP contribution in [0.1, 0.15) is 59.7 Å². The van der Waals surface area contributed by atoms with Crippen molar-refractivity contribution in [3.05, 3.63) is 11.7 Å². The summed E-state index contributed by atoms with van der Waals surface area (Å²) in [5, 5.41) is 4.00. The van der Waals surface area contributed by atoms with Crippen LogP contribution in [0.4, 0.5) is 0 Å². The van der Waals surface area contributed by atoms with Gasteiger partial charge in [-0.05, 0) is 11.8 Å². The minimum Gasteiger partial charge on any atom is -0.339 e. The summed E-state index contributed by atoms with van der Waals surface area (Å²) in [6, 6.07) is 0.0725. The first-order valence-corrected chi connectivity index (χ1v) is 6.16. The fourth-order valence-corrected chi connectivity index (χ4v) is 1.73. The lowest BCUT2D eigenvalue weighted by atomic mass is 9.87. The van der Waals surface area contributed by atoms with Crippen molar-refractivity contribution >= 4 is 0 Å². The summed E-state index contributed by atoms with van der Waals surface area (Å²) < 4.78 is 5.24. The van der Waals surface area contributed by atoms with Crippen molar-refractivity contribution in [3.8, 4) is 0 Å². The first-order valence-electron chi connectivity index (χ1n) is 6.16. The SMILES string of the molecule is CC(C)(C)CC(N)Cc1nc(C(C)(C)C)no1. The molecule has 0 aromatic carbocycles. The average molecular weight is 239 g/mol. The van der Waals surface area contributed by atoms with Crippen LogP contribution in [0, 0.1) is 5.41 Å². The molecule has 0 radical (unpaired) electrons. The van der Waals surface area contributed by atoms with Crippen LogP contribution in [0.3, 0.4) is 0 Å². The Balaban J connectivity index is 2.61. The highest BCUT2D eigenvalue weighted by molar-refractivity contribution is 5.00. The molecule has 1 rings (SSSR count). The lowest BCUT2D eigenvalue weighted by Crippen LogP contribution is -2.28. The van der Waals surface area contributed by atoms with Crippen LogP contribution in [0.2, 0.25) is 0 Å². The summed E-state index contributed by atoms with van der Waals surface area (Å²) in [7, 11) is 0. The van der Waals surface area contributed by atoms with Crippen LogP contribution in [-0.2, 0) is 11.8 Å². The van der Waals surface area contributed by atoms with Gasteiger partial charge in [0.15, 0.2) is 5.82 Å². The van der Waals surface area contributed by atoms with E-state index in [1.54, 1.807) is 0 Å². The second kappa shape index (κ2) is 4.77. The maximum atomic E-state index is 6.08. The van der Waals surface area contributed by atoms with Crippen LogP contribution in [0.15, 0.2) is 4.52 Å². The zero-order valence-electron chi connectivity index (χ0n) is 11.9. The molecule has 2 N–H and O–H groups in total. The molecule has 0 aliphatic rings. The van der Waals surface area contributed by atoms with Gasteiger partial charge < -0.3 is 10.3 Å². The largest absolute Gasteiger partial charge is 0.339 e. The number of hydrogen-bond donors (Lipinski definition) is 1. The number of aromatic nitrogens is 2. The third-order valence-corrected chi connectivity index (χ3v) is 2.45. The van der Waals surface area contributed by atoms with Gasteiger partial charge in [0, 0.05) is 17.9 Å². The molecular formula is C13H25N3O. The van der Waals surface area contributed by atoms with Crippen LogP contribution >= 0.6 is 0 Å². The van der Waals surface area contributed by atoms with Crippen molar-refractivity contribution in [1.82, 2.24) is 10.1 Å². The molecule has 0 aliphatic carbocycles. The summed E-state index contributed by atoms with van der Waals surface area (Å²) in [6.07, 6.45) is 1.60. The molecule has 17 heavy (non-hydrogen) atoms. The first kappa shape index (κ1) is 14.2. The Kier molecular flexibility index (Phi) is 3.97. The molecule has 4 nitrogen and oxygen atoms in total. The van der Waals surface area contributed by atoms with E-state index in [-0.39, 0.29) is 16.9 Å². The molecule has 1 unspecified atom stereocenters. The van der Waals surface area contributed by atoms with E-state index in [9.17, 15) is 0 Å². The van der Waals surface area contributed by atoms with Crippen molar-refractivity contribution in [2.24, 2.45) is 11.1 Å². The van der Waals surface area contributed by atoms with Gasteiger partial charge in [-0.25, -0.2) is 0 Å². The van der Waals surface area contributed by atoms with Gasteiger partial charge in [0.2, 0.25) is 5.89 Å². The topological polar surface area (TPSA) is 64.9 Å². The lowest BCUT2D eigenvalue weighted by Gasteiger charge is -2.21. The van der Waals surface area contributed by atoms with Crippen LogP contribution < -0.4 is 5.73 Å². The van der Waals surface area contributed by atoms with Crippen molar-refractivity contribution in [3.63, 3.8) is 0 Å². The molecule has 1 aromatic heterocycles. The summed E-state index contributed by atoms with van der Waals surface area (Å²) in [5.41, 5.74) is 6.24. The molecule has 1 aromatic rings. The Labute approximate surface area is 104 Å². The van der Waals surface area contributed by atoms with E-state index >= 15 is 0 Å². The predicted molar refractivity (Wildman–Crippen MR) is 68.7 cm³/mol. The molecule has 0 spiro atoms. The minimum atomic E-state index is -0.0735. The highest BCUT2D eigenvalue weighted by atomic mass is 16.5. The van der Waals surface area contributed by atoms with Gasteiger partial charge in [0.1, 0.15) is 0 Å². The summed E-state index contributed by atoms with van der Waals surface area (Å²) in [4.78, 5) is 4.39. The van der Waals surface area contributed by atoms with Crippen LogP contribution in [0.25, 0.3) is 0 Å². The van der Waals surface area contributed by atoms with Gasteiger partial charge in [-0.15, -0.1) is 0 Å². The zero-order valence-corrected chi connectivity index (χ0v) is 11.9. The minimum absolute atomic E-state index is 0.0725. The molecule has 98 valence electrons. The van der Waals surface area contributed by atoms with E-state index in [1.165, 1.54) is 0 Å². The van der Waals surface area contributed by atoms with Gasteiger partial charge in [-0.2, -0.15) is 4.98 Å². The number of rotatable bonds is 3. The molecular weight excluding hydrogens is 214 g/mol. The molecule has 1 heterocycles. The van der Waals surface area contributed by atoms with Crippen molar-refractivity contribution in [2.45, 2.75) is 65.8 Å². The Hall–Kier alpha value is -0.900. The Morgan fingerprint density at radius 1 is 1.18 bits per heavy atom. The Morgan fingerprint density at radius 3 is 2.18 bits per heavy atom. The summed E-state index contributed by atoms with van der Waals surface area (Å²) >= 11 is 0. The van der Waals surface area contributed by atoms with Gasteiger partial charge in [0.25, 0.3) is 0 Å². The van der Waals surface area contributed by atoms with Gasteiger partial charge in [0.05, 0.1) is 0 Å². The van der Waals surface area contributed by atoms with Crippen LogP contribution in [-0.4, -0.2) is 16.2 Å². The van der Waals surface area contributed by atoms with Crippen LogP contribution in [0.5, 0.6) is 0 Å². The van der Waals surface area contributed by atoms with Crippen molar-refractivity contribution in [2.75, 3.05) is 0 Å². The fraction of sp³-hybridized carbons (Fsp3) is 0.846. The highest BCUT2D eigenvalue weighted by Gasteiger charge is 2.23.